The van der Waals surface area contributed by atoms with E-state index in [0.717, 1.165) is 32.1 Å². The number of esters is 2. The normalized spacial score (nSPS) is 12.0. The van der Waals surface area contributed by atoms with Crippen LogP contribution in [0.3, 0.4) is 0 Å². The second-order valence-corrected chi connectivity index (χ2v) is 6.36. The molecule has 0 aliphatic carbocycles. The van der Waals surface area contributed by atoms with Crippen molar-refractivity contribution in [1.82, 2.24) is 0 Å². The van der Waals surface area contributed by atoms with E-state index in [1.54, 1.807) is 0 Å². The van der Waals surface area contributed by atoms with Crippen LogP contribution in [-0.2, 0) is 23.9 Å². The molecule has 164 valence electrons. The summed E-state index contributed by atoms with van der Waals surface area (Å²) in [7, 11) is 0. The Kier molecular flexibility index (Phi) is 17.4. The molecule has 0 unspecified atom stereocenters. The fourth-order valence-electron chi connectivity index (χ4n) is 2.15. The van der Waals surface area contributed by atoms with Crippen LogP contribution in [0.5, 0.6) is 0 Å². The third kappa shape index (κ3) is 18.3. The van der Waals surface area contributed by atoms with E-state index in [9.17, 15) is 19.2 Å². The third-order valence-electron chi connectivity index (χ3n) is 3.66. The van der Waals surface area contributed by atoms with Crippen molar-refractivity contribution >= 4 is 23.7 Å². The van der Waals surface area contributed by atoms with Gasteiger partial charge in [-0.2, -0.15) is 0 Å². The summed E-state index contributed by atoms with van der Waals surface area (Å²) >= 11 is 0. The average Bonchev–Trinajstić information content (AvgIpc) is 2.69. The fraction of sp³-hybridized carbons (Fsp3) is 0.417. The van der Waals surface area contributed by atoms with Crippen molar-refractivity contribution < 1.29 is 29.0 Å². The Labute approximate surface area is 178 Å². The molecule has 0 saturated carbocycles. The molecule has 6 heteroatoms. The lowest BCUT2D eigenvalue weighted by molar-refractivity contribution is -0.165. The summed E-state index contributed by atoms with van der Waals surface area (Å²) < 4.78 is 4.30. The van der Waals surface area contributed by atoms with Crippen molar-refractivity contribution in [1.29, 1.82) is 0 Å². The van der Waals surface area contributed by atoms with Crippen LogP contribution < -0.4 is 0 Å². The zero-order valence-corrected chi connectivity index (χ0v) is 17.6. The van der Waals surface area contributed by atoms with Crippen molar-refractivity contribution in [3.05, 3.63) is 60.8 Å². The highest BCUT2D eigenvalue weighted by atomic mass is 16.6. The standard InChI is InChI=1S/C24H32O6/c1-2-3-4-5-6-7-8-9-10-11-12-13-14-15-16-17-18-19-23(28)30-24(29)21(25)20-22(26)27/h3-4,6-7,9-10,12-13,15-16H,2,5,8,11,14,17-20H2,1H3,(H,26,27)/b4-3-,7-6-,10-9-,13-12-,16-15-. The van der Waals surface area contributed by atoms with Crippen LogP contribution in [0.15, 0.2) is 60.8 Å². The Morgan fingerprint density at radius 3 is 1.67 bits per heavy atom. The third-order valence-corrected chi connectivity index (χ3v) is 3.66. The topological polar surface area (TPSA) is 97.7 Å². The van der Waals surface area contributed by atoms with Crippen molar-refractivity contribution in [2.75, 3.05) is 0 Å². The predicted molar refractivity (Wildman–Crippen MR) is 117 cm³/mol. The van der Waals surface area contributed by atoms with Crippen molar-refractivity contribution in [3.63, 3.8) is 0 Å². The van der Waals surface area contributed by atoms with Gasteiger partial charge in [0.2, 0.25) is 0 Å². The maximum absolute atomic E-state index is 11.4. The molecule has 0 fully saturated rings. The van der Waals surface area contributed by atoms with Crippen LogP contribution in [0.1, 0.15) is 64.7 Å². The minimum Gasteiger partial charge on any atom is -0.481 e. The number of carbonyl (C=O) groups is 4. The SMILES string of the molecule is CC/C=C\C/C=C\C/C=C\C/C=C\C/C=C\CCCC(=O)OC(=O)C(=O)CC(=O)O. The first-order valence-corrected chi connectivity index (χ1v) is 10.2. The number of carboxylic acid groups (broad SMARTS) is 1. The van der Waals surface area contributed by atoms with Crippen molar-refractivity contribution in [2.24, 2.45) is 0 Å². The van der Waals surface area contributed by atoms with E-state index in [1.807, 2.05) is 12.2 Å². The monoisotopic (exact) mass is 416 g/mol. The molecule has 0 radical (unpaired) electrons. The molecule has 0 aromatic heterocycles. The van der Waals surface area contributed by atoms with E-state index in [-0.39, 0.29) is 6.42 Å². The predicted octanol–water partition coefficient (Wildman–Crippen LogP) is 5.02. The molecule has 0 aromatic rings. The number of carboxylic acids is 1. The van der Waals surface area contributed by atoms with Gasteiger partial charge in [-0.05, 0) is 44.9 Å². The van der Waals surface area contributed by atoms with Gasteiger partial charge < -0.3 is 9.84 Å². The van der Waals surface area contributed by atoms with Crippen LogP contribution in [0.4, 0.5) is 0 Å². The number of hydrogen-bond donors (Lipinski definition) is 1. The number of ether oxygens (including phenoxy) is 1. The van der Waals surface area contributed by atoms with Gasteiger partial charge in [0.25, 0.3) is 5.78 Å². The summed E-state index contributed by atoms with van der Waals surface area (Å²) in [5.41, 5.74) is 0. The van der Waals surface area contributed by atoms with Gasteiger partial charge in [-0.3, -0.25) is 14.4 Å². The second-order valence-electron chi connectivity index (χ2n) is 6.36. The van der Waals surface area contributed by atoms with Gasteiger partial charge in [-0.1, -0.05) is 67.7 Å². The van der Waals surface area contributed by atoms with E-state index in [0.29, 0.717) is 12.8 Å². The number of allylic oxidation sites excluding steroid dienone is 10. The maximum Gasteiger partial charge on any atom is 0.382 e. The van der Waals surface area contributed by atoms with Gasteiger partial charge in [0.05, 0.1) is 0 Å². The highest BCUT2D eigenvalue weighted by Gasteiger charge is 2.21. The number of hydrogen-bond acceptors (Lipinski definition) is 5. The molecule has 0 atom stereocenters. The van der Waals surface area contributed by atoms with Gasteiger partial charge in [-0.25, -0.2) is 4.79 Å². The Hall–Kier alpha value is -3.02. The molecule has 0 bridgehead atoms. The summed E-state index contributed by atoms with van der Waals surface area (Å²) in [4.78, 5) is 44.0. The lowest BCUT2D eigenvalue weighted by Crippen LogP contribution is -2.23. The van der Waals surface area contributed by atoms with Crippen molar-refractivity contribution in [3.8, 4) is 0 Å². The average molecular weight is 417 g/mol. The molecule has 0 aromatic carbocycles. The van der Waals surface area contributed by atoms with E-state index in [1.165, 1.54) is 0 Å². The van der Waals surface area contributed by atoms with Crippen molar-refractivity contribution in [2.45, 2.75) is 64.7 Å². The number of ketones is 1. The highest BCUT2D eigenvalue weighted by Crippen LogP contribution is 2.02. The van der Waals surface area contributed by atoms with Gasteiger partial charge in [0, 0.05) is 6.42 Å². The summed E-state index contributed by atoms with van der Waals surface area (Å²) in [5, 5.41) is 8.40. The highest BCUT2D eigenvalue weighted by molar-refractivity contribution is 6.37. The summed E-state index contributed by atoms with van der Waals surface area (Å²) in [6, 6.07) is 0. The van der Waals surface area contributed by atoms with Gasteiger partial charge >= 0.3 is 17.9 Å². The lowest BCUT2D eigenvalue weighted by Gasteiger charge is -2.00. The number of Topliss-reactive ketones (excluding diaryl/α,β-unsaturated/α-hetero) is 1. The largest absolute Gasteiger partial charge is 0.481 e. The smallest absolute Gasteiger partial charge is 0.382 e. The second kappa shape index (κ2) is 19.3. The van der Waals surface area contributed by atoms with Gasteiger partial charge in [-0.15, -0.1) is 0 Å². The number of rotatable bonds is 16. The minimum absolute atomic E-state index is 0.0135. The Bertz CT molecular complexity index is 680. The zero-order valence-electron chi connectivity index (χ0n) is 17.6. The van der Waals surface area contributed by atoms with E-state index >= 15 is 0 Å². The molecule has 0 aliphatic rings. The molecule has 30 heavy (non-hydrogen) atoms. The van der Waals surface area contributed by atoms with Gasteiger partial charge in [0.15, 0.2) is 0 Å². The quantitative estimate of drug-likeness (QED) is 0.125. The fourth-order valence-corrected chi connectivity index (χ4v) is 2.15. The molecule has 0 saturated heterocycles. The Morgan fingerprint density at radius 1 is 0.733 bits per heavy atom. The van der Waals surface area contributed by atoms with Crippen LogP contribution >= 0.6 is 0 Å². The first kappa shape index (κ1) is 27.0. The van der Waals surface area contributed by atoms with Crippen LogP contribution in [0, 0.1) is 0 Å². The molecule has 0 aliphatic heterocycles. The molecule has 6 nitrogen and oxygen atoms in total. The van der Waals surface area contributed by atoms with E-state index in [2.05, 4.69) is 60.3 Å². The van der Waals surface area contributed by atoms with Crippen LogP contribution in [0.2, 0.25) is 0 Å². The number of unbranched alkanes of at least 4 members (excludes halogenated alkanes) is 1. The molecule has 0 heterocycles. The van der Waals surface area contributed by atoms with Crippen LogP contribution in [-0.4, -0.2) is 28.8 Å². The van der Waals surface area contributed by atoms with Gasteiger partial charge in [0.1, 0.15) is 6.42 Å². The maximum atomic E-state index is 11.4. The summed E-state index contributed by atoms with van der Waals surface area (Å²) in [6.07, 6.45) is 25.8. The first-order valence-electron chi connectivity index (χ1n) is 10.2. The summed E-state index contributed by atoms with van der Waals surface area (Å²) in [6.45, 7) is 2.12. The molecular weight excluding hydrogens is 384 g/mol. The Morgan fingerprint density at radius 2 is 1.20 bits per heavy atom. The molecule has 1 N–H and O–H groups in total. The lowest BCUT2D eigenvalue weighted by atomic mass is 10.2. The molecule has 0 amide bonds. The number of aliphatic carboxylic acids is 1. The first-order chi connectivity index (χ1) is 14.5. The van der Waals surface area contributed by atoms with E-state index < -0.39 is 30.1 Å². The van der Waals surface area contributed by atoms with E-state index in [4.69, 9.17) is 5.11 Å². The molecule has 0 spiro atoms. The zero-order chi connectivity index (χ0) is 22.5. The molecule has 0 rings (SSSR count). The number of carbonyl (C=O) groups excluding carboxylic acids is 3. The van der Waals surface area contributed by atoms with Crippen LogP contribution in [0.25, 0.3) is 0 Å². The summed E-state index contributed by atoms with van der Waals surface area (Å²) in [5.74, 6) is -4.93. The molecular formula is C24H32O6. The Balaban J connectivity index is 3.72. The minimum atomic E-state index is -1.44.